The number of carbonyl (C=O) groups excluding carboxylic acids is 2. The summed E-state index contributed by atoms with van der Waals surface area (Å²) in [5.41, 5.74) is 0. The molecule has 1 fully saturated rings. The Morgan fingerprint density at radius 2 is 2.15 bits per heavy atom. The van der Waals surface area contributed by atoms with Gasteiger partial charge in [-0.2, -0.15) is 0 Å². The van der Waals surface area contributed by atoms with Crippen LogP contribution in [0.4, 0.5) is 4.79 Å². The van der Waals surface area contributed by atoms with Crippen molar-refractivity contribution in [2.45, 2.75) is 31.5 Å². The lowest BCUT2D eigenvalue weighted by Gasteiger charge is -2.35. The highest BCUT2D eigenvalue weighted by molar-refractivity contribution is 6.04. The molecule has 20 heavy (non-hydrogen) atoms. The first-order valence-electron chi connectivity index (χ1n) is 5.96. The molecule has 0 aromatic rings. The number of amidine groups is 1. The average molecular weight is 286 g/mol. The predicted octanol–water partition coefficient (Wildman–Crippen LogP) is -2.00. The fourth-order valence-electron chi connectivity index (χ4n) is 2.35. The van der Waals surface area contributed by atoms with Gasteiger partial charge >= 0.3 is 11.9 Å². The van der Waals surface area contributed by atoms with Crippen molar-refractivity contribution in [2.24, 2.45) is 0 Å². The largest absolute Gasteiger partial charge is 0.436 e. The highest BCUT2D eigenvalue weighted by atomic mass is 16.6. The van der Waals surface area contributed by atoms with Gasteiger partial charge in [-0.05, 0) is 0 Å². The zero-order valence-corrected chi connectivity index (χ0v) is 10.7. The van der Waals surface area contributed by atoms with Gasteiger partial charge < -0.3 is 20.1 Å². The third kappa shape index (κ3) is 1.96. The fraction of sp³-hybridized carbons (Fsp3) is 0.545. The first-order valence-corrected chi connectivity index (χ1v) is 5.96. The molecule has 9 heteroatoms. The van der Waals surface area contributed by atoms with E-state index in [-0.39, 0.29) is 5.84 Å². The van der Waals surface area contributed by atoms with Crippen molar-refractivity contribution >= 4 is 17.8 Å². The summed E-state index contributed by atoms with van der Waals surface area (Å²) in [6.07, 6.45) is -3.10. The lowest BCUT2D eigenvalue weighted by molar-refractivity contribution is -0.783. The molecule has 0 aliphatic carbocycles. The fourth-order valence-corrected chi connectivity index (χ4v) is 2.35. The van der Waals surface area contributed by atoms with Gasteiger partial charge in [-0.25, -0.2) is 9.59 Å². The average Bonchev–Trinajstić information content (AvgIpc) is 2.67. The number of quaternary nitrogens is 1. The minimum atomic E-state index is -1.53. The second-order valence-electron chi connectivity index (χ2n) is 4.68. The van der Waals surface area contributed by atoms with Crippen molar-refractivity contribution in [1.82, 2.24) is 5.32 Å². The van der Waals surface area contributed by atoms with Crippen LogP contribution >= 0.6 is 0 Å². The quantitative estimate of drug-likeness (QED) is 0.372. The molecule has 0 saturated carbocycles. The normalized spacial score (nSPS) is 40.8. The monoisotopic (exact) mass is 286 g/mol. The molecule has 2 rings (SSSR count). The molecule has 3 amide bonds. The third-order valence-corrected chi connectivity index (χ3v) is 3.49. The van der Waals surface area contributed by atoms with Gasteiger partial charge in [0.2, 0.25) is 6.23 Å². The van der Waals surface area contributed by atoms with Gasteiger partial charge in [0.05, 0.1) is 13.5 Å². The SMILES string of the molecule is CC(=O)[N+]1([C@@H]2O[C@H](CO)[C@@H](O)[C@H]2O)C=CC(=N)NC1=O. The van der Waals surface area contributed by atoms with Crippen molar-refractivity contribution in [2.75, 3.05) is 6.61 Å². The van der Waals surface area contributed by atoms with E-state index in [2.05, 4.69) is 5.32 Å². The van der Waals surface area contributed by atoms with Gasteiger partial charge in [0.25, 0.3) is 0 Å². The van der Waals surface area contributed by atoms with Crippen molar-refractivity contribution in [3.05, 3.63) is 12.3 Å². The van der Waals surface area contributed by atoms with Crippen LogP contribution in [0, 0.1) is 5.41 Å². The number of aliphatic hydroxyl groups excluding tert-OH is 3. The number of amides is 3. The van der Waals surface area contributed by atoms with Crippen molar-refractivity contribution < 1.29 is 34.1 Å². The number of hydrogen-bond acceptors (Lipinski definition) is 7. The molecule has 5 N–H and O–H groups in total. The van der Waals surface area contributed by atoms with Crippen LogP contribution in [-0.2, 0) is 9.53 Å². The minimum Gasteiger partial charge on any atom is -0.394 e. The number of aliphatic hydroxyl groups is 3. The maximum absolute atomic E-state index is 12.1. The molecule has 2 aliphatic heterocycles. The molecule has 2 heterocycles. The standard InChI is InChI=1S/C11H15N3O6/c1-5(16)14(3-2-7(12)13-11(14)19)10-9(18)8(17)6(4-15)20-10/h2-3,6,8-10,15,17-18H,4H2,1H3,(H-,12,13,19)/p+1/t6-,8-,9-,10-,14?/m1/s1. The van der Waals surface area contributed by atoms with E-state index < -0.39 is 47.6 Å². The summed E-state index contributed by atoms with van der Waals surface area (Å²) >= 11 is 0. The van der Waals surface area contributed by atoms with E-state index in [0.717, 1.165) is 13.1 Å². The zero-order chi connectivity index (χ0) is 15.1. The maximum atomic E-state index is 12.1. The molecular formula is C11H16N3O6+. The molecule has 0 bridgehead atoms. The minimum absolute atomic E-state index is 0.197. The van der Waals surface area contributed by atoms with Gasteiger partial charge in [-0.3, -0.25) is 10.7 Å². The lowest BCUT2D eigenvalue weighted by Crippen LogP contribution is -2.67. The number of hydrogen-bond donors (Lipinski definition) is 5. The highest BCUT2D eigenvalue weighted by Gasteiger charge is 2.60. The van der Waals surface area contributed by atoms with E-state index >= 15 is 0 Å². The lowest BCUT2D eigenvalue weighted by atomic mass is 10.1. The molecule has 0 radical (unpaired) electrons. The molecule has 2 aliphatic rings. The third-order valence-electron chi connectivity index (χ3n) is 3.49. The topological polar surface area (TPSA) is 140 Å². The summed E-state index contributed by atoms with van der Waals surface area (Å²) in [4.78, 5) is 24.0. The Kier molecular flexibility index (Phi) is 3.71. The van der Waals surface area contributed by atoms with E-state index in [4.69, 9.17) is 15.3 Å². The number of imide groups is 1. The Labute approximate surface area is 114 Å². The van der Waals surface area contributed by atoms with Crippen LogP contribution in [0.1, 0.15) is 6.92 Å². The van der Waals surface area contributed by atoms with Gasteiger partial charge in [0.15, 0.2) is 6.10 Å². The number of nitrogens with one attached hydrogen (secondary N) is 2. The predicted molar refractivity (Wildman–Crippen MR) is 64.1 cm³/mol. The Bertz CT molecular complexity index is 493. The van der Waals surface area contributed by atoms with E-state index in [1.807, 2.05) is 0 Å². The molecule has 110 valence electrons. The van der Waals surface area contributed by atoms with Crippen LogP contribution in [-0.4, -0.2) is 68.7 Å². The summed E-state index contributed by atoms with van der Waals surface area (Å²) in [6.45, 7) is 0.571. The van der Waals surface area contributed by atoms with Crippen LogP contribution in [0.25, 0.3) is 0 Å². The summed E-state index contributed by atoms with van der Waals surface area (Å²) in [5, 5.41) is 38.3. The number of carbonyl (C=O) groups is 2. The second kappa shape index (κ2) is 5.04. The smallest absolute Gasteiger partial charge is 0.394 e. The number of ether oxygens (including phenoxy) is 1. The van der Waals surface area contributed by atoms with Crippen molar-refractivity contribution in [3.8, 4) is 0 Å². The molecule has 1 saturated heterocycles. The molecule has 1 unspecified atom stereocenters. The van der Waals surface area contributed by atoms with Crippen LogP contribution in [0.3, 0.4) is 0 Å². The van der Waals surface area contributed by atoms with E-state index in [9.17, 15) is 19.8 Å². The summed E-state index contributed by atoms with van der Waals surface area (Å²) in [7, 11) is 0. The Balaban J connectivity index is 2.45. The molecule has 5 atom stereocenters. The number of rotatable bonds is 2. The van der Waals surface area contributed by atoms with E-state index in [1.165, 1.54) is 6.08 Å². The zero-order valence-electron chi connectivity index (χ0n) is 10.7. The van der Waals surface area contributed by atoms with Crippen molar-refractivity contribution in [1.29, 1.82) is 5.41 Å². The van der Waals surface area contributed by atoms with Crippen molar-refractivity contribution in [3.63, 3.8) is 0 Å². The Morgan fingerprint density at radius 3 is 2.60 bits per heavy atom. The first kappa shape index (κ1) is 14.8. The summed E-state index contributed by atoms with van der Waals surface area (Å²) < 4.78 is 4.23. The highest BCUT2D eigenvalue weighted by Crippen LogP contribution is 2.31. The maximum Gasteiger partial charge on any atom is 0.436 e. The van der Waals surface area contributed by atoms with E-state index in [1.54, 1.807) is 0 Å². The van der Waals surface area contributed by atoms with Crippen LogP contribution in [0.5, 0.6) is 0 Å². The molecule has 0 spiro atoms. The van der Waals surface area contributed by atoms with Gasteiger partial charge in [0.1, 0.15) is 24.2 Å². The molecule has 9 nitrogen and oxygen atoms in total. The van der Waals surface area contributed by atoms with E-state index in [0.29, 0.717) is 0 Å². The number of urea groups is 1. The second-order valence-corrected chi connectivity index (χ2v) is 4.68. The summed E-state index contributed by atoms with van der Waals surface area (Å²) in [5.74, 6) is -0.849. The summed E-state index contributed by atoms with van der Waals surface area (Å²) in [6, 6.07) is -0.861. The Morgan fingerprint density at radius 1 is 1.50 bits per heavy atom. The number of nitrogens with zero attached hydrogens (tertiary/aromatic N) is 1. The van der Waals surface area contributed by atoms with Crippen LogP contribution in [0.15, 0.2) is 12.3 Å². The van der Waals surface area contributed by atoms with Crippen LogP contribution in [0.2, 0.25) is 0 Å². The molecule has 0 aromatic heterocycles. The van der Waals surface area contributed by atoms with Crippen LogP contribution < -0.4 is 5.32 Å². The van der Waals surface area contributed by atoms with Gasteiger partial charge in [0, 0.05) is 6.08 Å². The first-order chi connectivity index (χ1) is 9.34. The van der Waals surface area contributed by atoms with Gasteiger partial charge in [-0.1, -0.05) is 0 Å². The Hall–Kier alpha value is -1.65. The molecular weight excluding hydrogens is 270 g/mol. The molecule has 0 aromatic carbocycles. The van der Waals surface area contributed by atoms with Gasteiger partial charge in [-0.15, -0.1) is 4.48 Å².